The highest BCUT2D eigenvalue weighted by Gasteiger charge is 2.33. The number of carbonyl (C=O) groups is 2. The van der Waals surface area contributed by atoms with E-state index in [9.17, 15) is 9.59 Å². The first-order valence-electron chi connectivity index (χ1n) is 6.49. The molecule has 0 fully saturated rings. The third-order valence-corrected chi connectivity index (χ3v) is 3.79. The van der Waals surface area contributed by atoms with Crippen molar-refractivity contribution in [1.82, 2.24) is 0 Å². The summed E-state index contributed by atoms with van der Waals surface area (Å²) in [5, 5.41) is 3.51. The summed E-state index contributed by atoms with van der Waals surface area (Å²) in [6, 6.07) is 13.3. The number of carbonyl (C=O) groups excluding carboxylic acids is 2. The van der Waals surface area contributed by atoms with Crippen molar-refractivity contribution in [3.05, 3.63) is 53.6 Å². The van der Waals surface area contributed by atoms with Crippen molar-refractivity contribution in [3.8, 4) is 5.75 Å². The zero-order valence-corrected chi connectivity index (χ0v) is 11.2. The van der Waals surface area contributed by atoms with Gasteiger partial charge in [0.1, 0.15) is 5.75 Å². The van der Waals surface area contributed by atoms with E-state index in [2.05, 4.69) is 0 Å². The van der Waals surface area contributed by atoms with E-state index >= 15 is 0 Å². The lowest BCUT2D eigenvalue weighted by molar-refractivity contribution is 0.0444. The second-order valence-electron chi connectivity index (χ2n) is 4.92. The van der Waals surface area contributed by atoms with Gasteiger partial charge in [0, 0.05) is 10.8 Å². The predicted molar refractivity (Wildman–Crippen MR) is 77.8 cm³/mol. The fraction of sp³-hybridized carbons (Fsp3) is 0.0588. The molecule has 0 radical (unpaired) electrons. The molecule has 0 saturated carbocycles. The van der Waals surface area contributed by atoms with Gasteiger partial charge in [-0.15, -0.1) is 0 Å². The van der Waals surface area contributed by atoms with Crippen LogP contribution in [0.1, 0.15) is 20.7 Å². The Morgan fingerprint density at radius 1 is 0.905 bits per heavy atom. The van der Waals surface area contributed by atoms with Gasteiger partial charge in [0.15, 0.2) is 0 Å². The first-order chi connectivity index (χ1) is 10.2. The Balaban J connectivity index is 2.23. The van der Waals surface area contributed by atoms with Gasteiger partial charge in [-0.05, 0) is 29.0 Å². The maximum atomic E-state index is 11.9. The number of hydrogen-bond donors (Lipinski definition) is 0. The van der Waals surface area contributed by atoms with Crippen LogP contribution < -0.4 is 4.74 Å². The smallest absolute Gasteiger partial charge is 0.347 e. The molecule has 21 heavy (non-hydrogen) atoms. The zero-order chi connectivity index (χ0) is 14.6. The predicted octanol–water partition coefficient (Wildman–Crippen LogP) is 3.31. The van der Waals surface area contributed by atoms with Crippen LogP contribution in [0, 0.1) is 0 Å². The molecule has 4 nitrogen and oxygen atoms in total. The van der Waals surface area contributed by atoms with Crippen molar-refractivity contribution in [2.24, 2.45) is 0 Å². The molecule has 0 spiro atoms. The van der Waals surface area contributed by atoms with Crippen LogP contribution in [0.2, 0.25) is 0 Å². The summed E-state index contributed by atoms with van der Waals surface area (Å²) in [5.74, 6) is -0.664. The van der Waals surface area contributed by atoms with Gasteiger partial charge in [0.05, 0.1) is 18.2 Å². The lowest BCUT2D eigenvalue weighted by Gasteiger charge is -2.09. The summed E-state index contributed by atoms with van der Waals surface area (Å²) in [6.45, 7) is 0. The Kier molecular flexibility index (Phi) is 2.30. The van der Waals surface area contributed by atoms with Crippen LogP contribution in [0.4, 0.5) is 0 Å². The van der Waals surface area contributed by atoms with Crippen molar-refractivity contribution < 1.29 is 19.1 Å². The number of hydrogen-bond acceptors (Lipinski definition) is 4. The quantitative estimate of drug-likeness (QED) is 0.389. The van der Waals surface area contributed by atoms with Gasteiger partial charge < -0.3 is 9.47 Å². The number of benzene rings is 3. The lowest BCUT2D eigenvalue weighted by atomic mass is 9.96. The van der Waals surface area contributed by atoms with Crippen LogP contribution in [0.25, 0.3) is 21.5 Å². The molecule has 3 aromatic carbocycles. The zero-order valence-electron chi connectivity index (χ0n) is 11.2. The number of methoxy groups -OCH3 is 1. The Labute approximate surface area is 119 Å². The van der Waals surface area contributed by atoms with E-state index in [1.54, 1.807) is 13.2 Å². The molecule has 0 unspecified atom stereocenters. The Hall–Kier alpha value is -2.88. The van der Waals surface area contributed by atoms with E-state index in [1.807, 2.05) is 36.4 Å². The van der Waals surface area contributed by atoms with Crippen molar-refractivity contribution in [2.45, 2.75) is 0 Å². The molecule has 0 N–H and O–H groups in total. The van der Waals surface area contributed by atoms with Gasteiger partial charge in [0.25, 0.3) is 0 Å². The molecule has 0 bridgehead atoms. The van der Waals surface area contributed by atoms with E-state index in [-0.39, 0.29) is 5.56 Å². The molecular weight excluding hydrogens is 268 g/mol. The van der Waals surface area contributed by atoms with Crippen LogP contribution in [0.15, 0.2) is 42.5 Å². The maximum Gasteiger partial charge on any atom is 0.347 e. The topological polar surface area (TPSA) is 52.6 Å². The number of esters is 2. The van der Waals surface area contributed by atoms with Crippen LogP contribution in [-0.2, 0) is 4.74 Å². The van der Waals surface area contributed by atoms with E-state index < -0.39 is 11.9 Å². The third-order valence-electron chi connectivity index (χ3n) is 3.79. The molecule has 0 amide bonds. The minimum Gasteiger partial charge on any atom is -0.496 e. The third kappa shape index (κ3) is 1.56. The Morgan fingerprint density at radius 3 is 2.24 bits per heavy atom. The second kappa shape index (κ2) is 4.06. The average Bonchev–Trinajstić information content (AvgIpc) is 2.79. The fourth-order valence-corrected chi connectivity index (χ4v) is 2.82. The van der Waals surface area contributed by atoms with E-state index in [4.69, 9.17) is 9.47 Å². The Morgan fingerprint density at radius 2 is 1.57 bits per heavy atom. The van der Waals surface area contributed by atoms with Gasteiger partial charge in [-0.2, -0.15) is 0 Å². The van der Waals surface area contributed by atoms with Gasteiger partial charge >= 0.3 is 11.9 Å². The van der Waals surface area contributed by atoms with E-state index in [0.29, 0.717) is 16.7 Å². The van der Waals surface area contributed by atoms with Gasteiger partial charge in [0.2, 0.25) is 0 Å². The molecule has 4 rings (SSSR count). The van der Waals surface area contributed by atoms with Crippen molar-refractivity contribution in [3.63, 3.8) is 0 Å². The Bertz CT molecular complexity index is 940. The van der Waals surface area contributed by atoms with Crippen molar-refractivity contribution in [2.75, 3.05) is 7.11 Å². The van der Waals surface area contributed by atoms with Gasteiger partial charge in [-0.1, -0.05) is 24.3 Å². The molecule has 0 aromatic heterocycles. The molecule has 4 heteroatoms. The first-order valence-corrected chi connectivity index (χ1v) is 6.49. The lowest BCUT2D eigenvalue weighted by Crippen LogP contribution is -1.97. The number of ether oxygens (including phenoxy) is 2. The molecule has 0 saturated heterocycles. The summed E-state index contributed by atoms with van der Waals surface area (Å²) in [4.78, 5) is 23.7. The summed E-state index contributed by atoms with van der Waals surface area (Å²) in [5.41, 5.74) is 0.584. The molecule has 1 aliphatic heterocycles. The maximum absolute atomic E-state index is 11.9. The highest BCUT2D eigenvalue weighted by atomic mass is 16.6. The van der Waals surface area contributed by atoms with Gasteiger partial charge in [-0.25, -0.2) is 9.59 Å². The van der Waals surface area contributed by atoms with E-state index in [0.717, 1.165) is 16.2 Å². The van der Waals surface area contributed by atoms with Gasteiger partial charge in [-0.3, -0.25) is 0 Å². The summed E-state index contributed by atoms with van der Waals surface area (Å²) in [6.07, 6.45) is 0. The van der Waals surface area contributed by atoms with Crippen molar-refractivity contribution >= 4 is 33.5 Å². The number of rotatable bonds is 1. The summed E-state index contributed by atoms with van der Waals surface area (Å²) < 4.78 is 10.1. The molecular formula is C17H10O4. The van der Waals surface area contributed by atoms with Crippen LogP contribution >= 0.6 is 0 Å². The average molecular weight is 278 g/mol. The largest absolute Gasteiger partial charge is 0.496 e. The number of cyclic esters (lactones) is 2. The van der Waals surface area contributed by atoms with Crippen LogP contribution in [-0.4, -0.2) is 19.0 Å². The molecule has 1 heterocycles. The normalized spacial score (nSPS) is 13.6. The van der Waals surface area contributed by atoms with Crippen molar-refractivity contribution in [1.29, 1.82) is 0 Å². The highest BCUT2D eigenvalue weighted by Crippen LogP contribution is 2.37. The number of fused-ring (bicyclic) bond motifs is 4. The minimum atomic E-state index is -0.622. The van der Waals surface area contributed by atoms with Crippen LogP contribution in [0.3, 0.4) is 0 Å². The SMILES string of the molecule is COc1cc2c(c3cc4ccccc4cc13)C(=O)OC2=O. The highest BCUT2D eigenvalue weighted by molar-refractivity contribution is 6.23. The molecule has 102 valence electrons. The van der Waals surface area contributed by atoms with Crippen LogP contribution in [0.5, 0.6) is 5.75 Å². The second-order valence-corrected chi connectivity index (χ2v) is 4.92. The fourth-order valence-electron chi connectivity index (χ4n) is 2.82. The van der Waals surface area contributed by atoms with E-state index in [1.165, 1.54) is 0 Å². The first kappa shape index (κ1) is 11.9. The summed E-state index contributed by atoms with van der Waals surface area (Å²) >= 11 is 0. The summed E-state index contributed by atoms with van der Waals surface area (Å²) in [7, 11) is 1.54. The molecule has 3 aromatic rings. The molecule has 0 atom stereocenters. The molecule has 0 aliphatic carbocycles. The monoisotopic (exact) mass is 278 g/mol. The molecule has 1 aliphatic rings. The standard InChI is InChI=1S/C17H10O4/c1-20-14-8-13-15(17(19)21-16(13)18)12-7-10-5-3-2-4-9(10)6-11(12)14/h2-8H,1H3. The minimum absolute atomic E-state index is 0.264.